The number of benzene rings is 1. The Hall–Kier alpha value is -2.68. The van der Waals surface area contributed by atoms with E-state index in [1.807, 2.05) is 6.07 Å². The van der Waals surface area contributed by atoms with Gasteiger partial charge < -0.3 is 19.7 Å². The van der Waals surface area contributed by atoms with E-state index in [2.05, 4.69) is 15.5 Å². The molecule has 1 atom stereocenters. The van der Waals surface area contributed by atoms with Gasteiger partial charge in [-0.1, -0.05) is 17.8 Å². The zero-order valence-corrected chi connectivity index (χ0v) is 16.0. The fraction of sp³-hybridized carbons (Fsp3) is 0.474. The molecule has 0 bridgehead atoms. The summed E-state index contributed by atoms with van der Waals surface area (Å²) in [5, 5.41) is 12.6. The lowest BCUT2D eigenvalue weighted by Crippen LogP contribution is -2.28. The Bertz CT molecular complexity index is 926. The summed E-state index contributed by atoms with van der Waals surface area (Å²) < 4.78 is 11.1. The first-order valence-corrected chi connectivity index (χ1v) is 10.3. The van der Waals surface area contributed by atoms with E-state index < -0.39 is 5.92 Å². The molecule has 8 nitrogen and oxygen atoms in total. The molecule has 1 aromatic heterocycles. The number of carbonyl (C=O) groups excluding carboxylic acids is 2. The van der Waals surface area contributed by atoms with Crippen molar-refractivity contribution in [3.05, 3.63) is 23.2 Å². The molecule has 5 rings (SSSR count). The fourth-order valence-electron chi connectivity index (χ4n) is 3.65. The lowest BCUT2D eigenvalue weighted by atomic mass is 9.86. The van der Waals surface area contributed by atoms with Gasteiger partial charge in [-0.05, 0) is 25.0 Å². The van der Waals surface area contributed by atoms with Crippen LogP contribution in [0.1, 0.15) is 36.6 Å². The molecule has 1 unspecified atom stereocenters. The molecule has 3 aliphatic rings. The summed E-state index contributed by atoms with van der Waals surface area (Å²) in [5.74, 6) is 1.10. The number of amides is 2. The van der Waals surface area contributed by atoms with Crippen LogP contribution in [0.15, 0.2) is 18.2 Å². The van der Waals surface area contributed by atoms with Crippen LogP contribution in [-0.4, -0.2) is 41.8 Å². The number of hydrogen-bond donors (Lipinski definition) is 1. The number of fused-ring (bicyclic) bond motifs is 1. The molecule has 146 valence electrons. The standard InChI is InChI=1S/C19H20N4O4S/c24-16-8-12(17(25)20-19-22-21-18(28-19)11-2-1-3-11)10-23(16)13-4-5-14-15(9-13)27-7-6-26-14/h4-5,9,11-12H,1-3,6-8,10H2,(H,20,22,25). The normalized spacial score (nSPS) is 21.5. The van der Waals surface area contributed by atoms with Gasteiger partial charge in [0, 0.05) is 30.6 Å². The second kappa shape index (κ2) is 7.05. The van der Waals surface area contributed by atoms with Crippen molar-refractivity contribution < 1.29 is 19.1 Å². The van der Waals surface area contributed by atoms with E-state index in [0.29, 0.717) is 48.0 Å². The maximum Gasteiger partial charge on any atom is 0.231 e. The largest absolute Gasteiger partial charge is 0.486 e. The van der Waals surface area contributed by atoms with Crippen LogP contribution in [0.25, 0.3) is 0 Å². The van der Waals surface area contributed by atoms with E-state index in [-0.39, 0.29) is 18.2 Å². The van der Waals surface area contributed by atoms with Crippen LogP contribution >= 0.6 is 11.3 Å². The molecular weight excluding hydrogens is 380 g/mol. The Morgan fingerprint density at radius 3 is 2.79 bits per heavy atom. The van der Waals surface area contributed by atoms with Gasteiger partial charge >= 0.3 is 0 Å². The van der Waals surface area contributed by atoms with E-state index in [1.165, 1.54) is 17.8 Å². The van der Waals surface area contributed by atoms with Crippen LogP contribution in [-0.2, 0) is 9.59 Å². The molecule has 1 aliphatic carbocycles. The smallest absolute Gasteiger partial charge is 0.231 e. The van der Waals surface area contributed by atoms with Gasteiger partial charge in [0.25, 0.3) is 0 Å². The van der Waals surface area contributed by atoms with E-state index >= 15 is 0 Å². The van der Waals surface area contributed by atoms with Crippen molar-refractivity contribution in [1.29, 1.82) is 0 Å². The van der Waals surface area contributed by atoms with Crippen molar-refractivity contribution in [3.63, 3.8) is 0 Å². The third kappa shape index (κ3) is 3.19. The second-order valence-electron chi connectivity index (χ2n) is 7.30. The van der Waals surface area contributed by atoms with E-state index in [0.717, 1.165) is 17.8 Å². The Morgan fingerprint density at radius 2 is 2.00 bits per heavy atom. The highest BCUT2D eigenvalue weighted by atomic mass is 32.1. The number of carbonyl (C=O) groups is 2. The molecule has 1 aromatic carbocycles. The average Bonchev–Trinajstić information content (AvgIpc) is 3.27. The van der Waals surface area contributed by atoms with Crippen molar-refractivity contribution in [3.8, 4) is 11.5 Å². The van der Waals surface area contributed by atoms with Gasteiger partial charge in [-0.25, -0.2) is 0 Å². The van der Waals surface area contributed by atoms with Crippen molar-refractivity contribution in [2.24, 2.45) is 5.92 Å². The summed E-state index contributed by atoms with van der Waals surface area (Å²) >= 11 is 1.43. The van der Waals surface area contributed by atoms with Gasteiger partial charge in [0.15, 0.2) is 11.5 Å². The lowest BCUT2D eigenvalue weighted by Gasteiger charge is -2.22. The third-order valence-corrected chi connectivity index (χ3v) is 6.46. The van der Waals surface area contributed by atoms with E-state index in [4.69, 9.17) is 9.47 Å². The van der Waals surface area contributed by atoms with Gasteiger partial charge in [-0.2, -0.15) is 0 Å². The van der Waals surface area contributed by atoms with Crippen LogP contribution in [0, 0.1) is 5.92 Å². The molecule has 2 fully saturated rings. The van der Waals surface area contributed by atoms with Crippen LogP contribution in [0.3, 0.4) is 0 Å². The maximum atomic E-state index is 12.6. The summed E-state index contributed by atoms with van der Waals surface area (Å²) in [7, 11) is 0. The topological polar surface area (TPSA) is 93.7 Å². The third-order valence-electron chi connectivity index (χ3n) is 5.46. The molecule has 2 amide bonds. The number of ether oxygens (including phenoxy) is 2. The predicted octanol–water partition coefficient (Wildman–Crippen LogP) is 2.57. The number of anilines is 2. The molecule has 0 radical (unpaired) electrons. The minimum atomic E-state index is -0.420. The Morgan fingerprint density at radius 1 is 1.18 bits per heavy atom. The highest BCUT2D eigenvalue weighted by molar-refractivity contribution is 7.15. The number of nitrogens with one attached hydrogen (secondary N) is 1. The fourth-order valence-corrected chi connectivity index (χ4v) is 4.56. The van der Waals surface area contributed by atoms with E-state index in [9.17, 15) is 9.59 Å². The van der Waals surface area contributed by atoms with Crippen molar-refractivity contribution >= 4 is 34.0 Å². The molecule has 28 heavy (non-hydrogen) atoms. The van der Waals surface area contributed by atoms with Crippen molar-refractivity contribution in [2.75, 3.05) is 30.0 Å². The quantitative estimate of drug-likeness (QED) is 0.848. The zero-order valence-electron chi connectivity index (χ0n) is 15.2. The predicted molar refractivity (Wildman–Crippen MR) is 103 cm³/mol. The molecular formula is C19H20N4O4S. The van der Waals surface area contributed by atoms with Gasteiger partial charge in [-0.3, -0.25) is 9.59 Å². The van der Waals surface area contributed by atoms with E-state index in [1.54, 1.807) is 17.0 Å². The molecule has 2 aromatic rings. The van der Waals surface area contributed by atoms with Crippen molar-refractivity contribution in [2.45, 2.75) is 31.6 Å². The highest BCUT2D eigenvalue weighted by Gasteiger charge is 2.36. The van der Waals surface area contributed by atoms with Gasteiger partial charge in [-0.15, -0.1) is 10.2 Å². The van der Waals surface area contributed by atoms with Gasteiger partial charge in [0.2, 0.25) is 16.9 Å². The summed E-state index contributed by atoms with van der Waals surface area (Å²) in [4.78, 5) is 26.8. The SMILES string of the molecule is O=C(Nc1nnc(C2CCC2)s1)C1CC(=O)N(c2ccc3c(c2)OCCO3)C1. The molecule has 1 saturated heterocycles. The number of rotatable bonds is 4. The number of hydrogen-bond acceptors (Lipinski definition) is 7. The molecule has 2 aliphatic heterocycles. The van der Waals surface area contributed by atoms with Crippen LogP contribution in [0.4, 0.5) is 10.8 Å². The Labute approximate surface area is 165 Å². The molecule has 1 N–H and O–H groups in total. The molecule has 9 heteroatoms. The minimum Gasteiger partial charge on any atom is -0.486 e. The average molecular weight is 400 g/mol. The summed E-state index contributed by atoms with van der Waals surface area (Å²) in [5.41, 5.74) is 0.715. The van der Waals surface area contributed by atoms with Gasteiger partial charge in [0.1, 0.15) is 18.2 Å². The van der Waals surface area contributed by atoms with Crippen LogP contribution in [0.2, 0.25) is 0 Å². The molecule has 1 saturated carbocycles. The minimum absolute atomic E-state index is 0.0794. The summed E-state index contributed by atoms with van der Waals surface area (Å²) in [6, 6.07) is 5.41. The molecule has 3 heterocycles. The summed E-state index contributed by atoms with van der Waals surface area (Å²) in [6.07, 6.45) is 3.69. The number of aromatic nitrogens is 2. The molecule has 0 spiro atoms. The van der Waals surface area contributed by atoms with Gasteiger partial charge in [0.05, 0.1) is 5.92 Å². The zero-order chi connectivity index (χ0) is 19.1. The second-order valence-corrected chi connectivity index (χ2v) is 8.30. The first kappa shape index (κ1) is 17.4. The summed E-state index contributed by atoms with van der Waals surface area (Å²) in [6.45, 7) is 1.34. The van der Waals surface area contributed by atoms with Crippen LogP contribution < -0.4 is 19.7 Å². The first-order chi connectivity index (χ1) is 13.7. The first-order valence-electron chi connectivity index (χ1n) is 9.51. The number of nitrogens with zero attached hydrogens (tertiary/aromatic N) is 3. The lowest BCUT2D eigenvalue weighted by molar-refractivity contribution is -0.122. The highest BCUT2D eigenvalue weighted by Crippen LogP contribution is 2.39. The van der Waals surface area contributed by atoms with Crippen LogP contribution in [0.5, 0.6) is 11.5 Å². The Kier molecular flexibility index (Phi) is 4.38. The maximum absolute atomic E-state index is 12.6. The monoisotopic (exact) mass is 400 g/mol. The Balaban J connectivity index is 1.25. The van der Waals surface area contributed by atoms with Crippen molar-refractivity contribution in [1.82, 2.24) is 10.2 Å².